The highest BCUT2D eigenvalue weighted by Gasteiger charge is 2.36. The number of nitrogens with one attached hydrogen (secondary N) is 1. The van der Waals surface area contributed by atoms with Crippen LogP contribution in [0.4, 0.5) is 10.1 Å². The summed E-state index contributed by atoms with van der Waals surface area (Å²) in [5.74, 6) is -1.45. The second-order valence-electron chi connectivity index (χ2n) is 8.48. The van der Waals surface area contributed by atoms with Crippen LogP contribution in [0.2, 0.25) is 5.02 Å². The Bertz CT molecular complexity index is 1260. The number of rotatable bonds is 6. The number of benzodiazepines with no additional fused rings is 1. The van der Waals surface area contributed by atoms with Crippen LogP contribution in [-0.2, 0) is 16.0 Å². The predicted molar refractivity (Wildman–Crippen MR) is 136 cm³/mol. The molecule has 8 heteroatoms. The average molecular weight is 493 g/mol. The molecule has 0 aromatic heterocycles. The number of fused-ring (bicyclic) bond motifs is 1. The first-order valence-electron chi connectivity index (χ1n) is 11.2. The fourth-order valence-corrected chi connectivity index (χ4v) is 4.41. The summed E-state index contributed by atoms with van der Waals surface area (Å²) < 4.78 is 14.1. The lowest BCUT2D eigenvalue weighted by Gasteiger charge is -2.30. The van der Waals surface area contributed by atoms with Gasteiger partial charge in [-0.2, -0.15) is 0 Å². The van der Waals surface area contributed by atoms with Crippen LogP contribution < -0.4 is 16.0 Å². The van der Waals surface area contributed by atoms with Gasteiger partial charge in [0.2, 0.25) is 5.91 Å². The number of aliphatic imine (C=N–C) groups is 1. The number of carbonyl (C=O) groups is 2. The van der Waals surface area contributed by atoms with Crippen molar-refractivity contribution in [3.8, 4) is 0 Å². The molecule has 0 aliphatic carbocycles. The van der Waals surface area contributed by atoms with E-state index in [1.807, 2.05) is 66.5 Å². The zero-order valence-corrected chi connectivity index (χ0v) is 20.2. The van der Waals surface area contributed by atoms with E-state index in [0.29, 0.717) is 5.71 Å². The molecule has 0 saturated carbocycles. The number of benzene rings is 3. The Balaban J connectivity index is 1.62. The van der Waals surface area contributed by atoms with Crippen molar-refractivity contribution in [3.05, 3.63) is 100 Å². The molecule has 3 atom stereocenters. The van der Waals surface area contributed by atoms with E-state index in [0.717, 1.165) is 16.8 Å². The van der Waals surface area contributed by atoms with Gasteiger partial charge >= 0.3 is 0 Å². The quantitative estimate of drug-likeness (QED) is 0.548. The van der Waals surface area contributed by atoms with Crippen molar-refractivity contribution in [2.45, 2.75) is 31.6 Å². The van der Waals surface area contributed by atoms with Gasteiger partial charge in [-0.05, 0) is 25.1 Å². The van der Waals surface area contributed by atoms with Crippen molar-refractivity contribution >= 4 is 34.7 Å². The van der Waals surface area contributed by atoms with E-state index in [9.17, 15) is 14.0 Å². The van der Waals surface area contributed by atoms with E-state index in [1.165, 1.54) is 18.2 Å². The van der Waals surface area contributed by atoms with Gasteiger partial charge in [0.05, 0.1) is 18.2 Å². The first-order valence-corrected chi connectivity index (χ1v) is 11.6. The summed E-state index contributed by atoms with van der Waals surface area (Å²) in [5.41, 5.74) is 9.82. The highest BCUT2D eigenvalue weighted by Crippen LogP contribution is 2.29. The maximum Gasteiger partial charge on any atom is 0.225 e. The van der Waals surface area contributed by atoms with Crippen LogP contribution in [0.3, 0.4) is 0 Å². The highest BCUT2D eigenvalue weighted by atomic mass is 35.5. The Morgan fingerprint density at radius 3 is 2.49 bits per heavy atom. The molecule has 0 fully saturated rings. The van der Waals surface area contributed by atoms with Crippen LogP contribution in [0.5, 0.6) is 0 Å². The molecule has 3 aromatic rings. The normalized spacial score (nSPS) is 18.2. The Hall–Kier alpha value is -3.55. The second-order valence-corrected chi connectivity index (χ2v) is 8.88. The SMILES string of the molecule is CC(NC(=O)Cc1c(F)cccc1Cl)C(=O)C1N=C(c2ccccc2)c2ccccc2N(C)[C@@H]1N. The standard InChI is InChI=1S/C27H26ClFN4O2/c1-16(31-23(34)15-19-20(28)12-8-13-21(19)29)26(35)25-27(30)33(2)22-14-7-6-11-18(22)24(32-25)17-9-4-3-5-10-17/h3-14,16,25,27H,15,30H2,1-2H3,(H,31,34)/t16?,25?,27-/m0/s1. The van der Waals surface area contributed by atoms with Crippen molar-refractivity contribution < 1.29 is 14.0 Å². The number of anilines is 1. The minimum Gasteiger partial charge on any atom is -0.356 e. The highest BCUT2D eigenvalue weighted by molar-refractivity contribution is 6.31. The van der Waals surface area contributed by atoms with Crippen molar-refractivity contribution in [1.82, 2.24) is 5.32 Å². The summed E-state index contributed by atoms with van der Waals surface area (Å²) in [6.07, 6.45) is -1.05. The van der Waals surface area contributed by atoms with Gasteiger partial charge in [-0.25, -0.2) is 4.39 Å². The Kier molecular flexibility index (Phi) is 7.28. The minimum atomic E-state index is -0.949. The molecule has 6 nitrogen and oxygen atoms in total. The number of amides is 1. The molecule has 0 saturated heterocycles. The van der Waals surface area contributed by atoms with Crippen LogP contribution in [0.15, 0.2) is 77.8 Å². The van der Waals surface area contributed by atoms with E-state index in [2.05, 4.69) is 5.32 Å². The van der Waals surface area contributed by atoms with Crippen molar-refractivity contribution in [2.24, 2.45) is 10.7 Å². The summed E-state index contributed by atoms with van der Waals surface area (Å²) in [5, 5.41) is 2.81. The van der Waals surface area contributed by atoms with Crippen LogP contribution >= 0.6 is 11.6 Å². The first kappa shape index (κ1) is 24.6. The third-order valence-electron chi connectivity index (χ3n) is 6.12. The van der Waals surface area contributed by atoms with Gasteiger partial charge in [0.1, 0.15) is 18.0 Å². The first-order chi connectivity index (χ1) is 16.8. The number of ketones is 1. The number of carbonyl (C=O) groups excluding carboxylic acids is 2. The van der Waals surface area contributed by atoms with Crippen LogP contribution in [0, 0.1) is 5.82 Å². The van der Waals surface area contributed by atoms with Gasteiger partial charge in [0.25, 0.3) is 0 Å². The summed E-state index contributed by atoms with van der Waals surface area (Å²) in [7, 11) is 1.82. The summed E-state index contributed by atoms with van der Waals surface area (Å²) in [6.45, 7) is 1.58. The molecule has 0 radical (unpaired) electrons. The molecule has 2 unspecified atom stereocenters. The molecule has 1 aliphatic heterocycles. The number of nitrogens with two attached hydrogens (primary N) is 1. The molecule has 4 rings (SSSR count). The molecule has 1 amide bonds. The number of hydrogen-bond acceptors (Lipinski definition) is 5. The lowest BCUT2D eigenvalue weighted by molar-refractivity contribution is -0.128. The average Bonchev–Trinajstić information content (AvgIpc) is 2.96. The van der Waals surface area contributed by atoms with E-state index < -0.39 is 30.0 Å². The van der Waals surface area contributed by atoms with Gasteiger partial charge in [0.15, 0.2) is 5.78 Å². The van der Waals surface area contributed by atoms with Crippen LogP contribution in [0.25, 0.3) is 0 Å². The molecular weight excluding hydrogens is 467 g/mol. The van der Waals surface area contributed by atoms with E-state index >= 15 is 0 Å². The van der Waals surface area contributed by atoms with Gasteiger partial charge in [-0.15, -0.1) is 0 Å². The predicted octanol–water partition coefficient (Wildman–Crippen LogP) is 3.74. The van der Waals surface area contributed by atoms with E-state index in [1.54, 1.807) is 6.92 Å². The molecule has 1 aliphatic rings. The van der Waals surface area contributed by atoms with Crippen molar-refractivity contribution in [2.75, 3.05) is 11.9 Å². The minimum absolute atomic E-state index is 0.0806. The number of hydrogen-bond donors (Lipinski definition) is 2. The fraction of sp³-hybridized carbons (Fsp3) is 0.222. The number of Topliss-reactive ketones (excluding diaryl/α,β-unsaturated/α-hetero) is 1. The van der Waals surface area contributed by atoms with Crippen LogP contribution in [0.1, 0.15) is 23.6 Å². The van der Waals surface area contributed by atoms with Crippen molar-refractivity contribution in [1.29, 1.82) is 0 Å². The molecule has 35 heavy (non-hydrogen) atoms. The van der Waals surface area contributed by atoms with E-state index in [4.69, 9.17) is 22.3 Å². The Morgan fingerprint density at radius 1 is 1.09 bits per heavy atom. The molecule has 3 aromatic carbocycles. The molecule has 1 heterocycles. The molecule has 0 bridgehead atoms. The number of para-hydroxylation sites is 1. The largest absolute Gasteiger partial charge is 0.356 e. The third-order valence-corrected chi connectivity index (χ3v) is 6.47. The smallest absolute Gasteiger partial charge is 0.225 e. The Labute approximate surface area is 208 Å². The van der Waals surface area contributed by atoms with Gasteiger partial charge < -0.3 is 16.0 Å². The molecule has 0 spiro atoms. The lowest BCUT2D eigenvalue weighted by atomic mass is 10.00. The fourth-order valence-electron chi connectivity index (χ4n) is 4.18. The summed E-state index contributed by atoms with van der Waals surface area (Å²) in [6, 6.07) is 19.6. The molecule has 180 valence electrons. The van der Waals surface area contributed by atoms with Crippen LogP contribution in [-0.4, -0.2) is 42.7 Å². The topological polar surface area (TPSA) is 87.8 Å². The summed E-state index contributed by atoms with van der Waals surface area (Å²) in [4.78, 5) is 32.8. The number of likely N-dealkylation sites (N-methyl/N-ethyl adjacent to an activating group) is 1. The zero-order valence-electron chi connectivity index (χ0n) is 19.4. The maximum atomic E-state index is 14.1. The third kappa shape index (κ3) is 5.11. The zero-order chi connectivity index (χ0) is 25.1. The van der Waals surface area contributed by atoms with Gasteiger partial charge in [-0.3, -0.25) is 14.6 Å². The maximum absolute atomic E-state index is 14.1. The Morgan fingerprint density at radius 2 is 1.77 bits per heavy atom. The summed E-state index contributed by atoms with van der Waals surface area (Å²) >= 11 is 6.04. The molecule has 3 N–H and O–H groups in total. The monoisotopic (exact) mass is 492 g/mol. The van der Waals surface area contributed by atoms with Crippen molar-refractivity contribution in [3.63, 3.8) is 0 Å². The number of nitrogens with zero attached hydrogens (tertiary/aromatic N) is 2. The lowest BCUT2D eigenvalue weighted by Crippen LogP contribution is -2.55. The van der Waals surface area contributed by atoms with Gasteiger partial charge in [-0.1, -0.05) is 66.2 Å². The molecular formula is C27H26ClFN4O2. The number of halogens is 2. The van der Waals surface area contributed by atoms with Gasteiger partial charge in [0, 0.05) is 34.4 Å². The van der Waals surface area contributed by atoms with E-state index in [-0.39, 0.29) is 22.8 Å². The second kappa shape index (κ2) is 10.4.